The van der Waals surface area contributed by atoms with Crippen molar-refractivity contribution < 1.29 is 0 Å². The Morgan fingerprint density at radius 1 is 1.12 bits per heavy atom. The summed E-state index contributed by atoms with van der Waals surface area (Å²) in [6, 6.07) is 21.3. The largest absolute Gasteiger partial charge is 0.385 e. The van der Waals surface area contributed by atoms with E-state index >= 15 is 0 Å². The molecular weight excluding hydrogens is 334 g/mol. The third-order valence-corrected chi connectivity index (χ3v) is 3.65. The monoisotopic (exact) mass is 355 g/mol. The number of benzene rings is 2. The molecule has 0 spiro atoms. The normalized spacial score (nSPS) is 11.2. The molecule has 3 aromatic rings. The number of hydrogen-bond donors (Lipinski definition) is 2. The maximum Gasteiger partial charge on any atom is 0.128 e. The summed E-state index contributed by atoms with van der Waals surface area (Å²) in [5, 5.41) is 0. The molecule has 0 aliphatic rings. The van der Waals surface area contributed by atoms with Crippen LogP contribution in [-0.2, 0) is 6.42 Å². The van der Waals surface area contributed by atoms with Gasteiger partial charge in [-0.3, -0.25) is 0 Å². The van der Waals surface area contributed by atoms with Crippen molar-refractivity contribution in [3.05, 3.63) is 90.0 Å². The van der Waals surface area contributed by atoms with Crippen LogP contribution in [0.15, 0.2) is 73.1 Å². The number of nitrogens with two attached hydrogens (primary N) is 1. The molecule has 0 aliphatic heterocycles. The summed E-state index contributed by atoms with van der Waals surface area (Å²) in [5.74, 6) is 1.10. The van der Waals surface area contributed by atoms with E-state index in [0.29, 0.717) is 6.04 Å². The molecule has 1 atom stereocenters. The van der Waals surface area contributed by atoms with Crippen LogP contribution in [0.25, 0.3) is 0 Å². The predicted octanol–water partition coefficient (Wildman–Crippen LogP) is 4.24. The van der Waals surface area contributed by atoms with E-state index in [1.165, 1.54) is 11.1 Å². The third-order valence-electron chi connectivity index (χ3n) is 3.65. The molecule has 1 unspecified atom stereocenters. The Labute approximate surface area is 154 Å². The molecule has 1 heterocycles. The van der Waals surface area contributed by atoms with Gasteiger partial charge in [0.25, 0.3) is 0 Å². The summed E-state index contributed by atoms with van der Waals surface area (Å²) in [6.07, 6.45) is 4.82. The Balaban J connectivity index is 0.000000471. The van der Waals surface area contributed by atoms with Crippen molar-refractivity contribution in [2.45, 2.75) is 19.4 Å². The zero-order valence-electron chi connectivity index (χ0n) is 13.5. The lowest BCUT2D eigenvalue weighted by Crippen LogP contribution is -2.10. The van der Waals surface area contributed by atoms with Crippen molar-refractivity contribution in [2.75, 3.05) is 0 Å². The van der Waals surface area contributed by atoms with Gasteiger partial charge in [-0.2, -0.15) is 0 Å². The highest BCUT2D eigenvalue weighted by atomic mass is 32.1. The van der Waals surface area contributed by atoms with E-state index < -0.39 is 0 Å². The van der Waals surface area contributed by atoms with Gasteiger partial charge in [-0.25, -0.2) is 4.98 Å². The second kappa shape index (κ2) is 9.25. The Morgan fingerprint density at radius 3 is 2.25 bits per heavy atom. The lowest BCUT2D eigenvalue weighted by molar-refractivity contribution is 0.609. The third kappa shape index (κ3) is 5.51. The van der Waals surface area contributed by atoms with E-state index in [2.05, 4.69) is 102 Å². The van der Waals surface area contributed by atoms with Crippen LogP contribution in [0.1, 0.15) is 29.9 Å². The Hall–Kier alpha value is -2.11. The van der Waals surface area contributed by atoms with Crippen LogP contribution in [-0.4, -0.2) is 13.9 Å². The van der Waals surface area contributed by atoms with E-state index in [1.807, 2.05) is 12.3 Å². The fourth-order valence-corrected chi connectivity index (χ4v) is 2.50. The van der Waals surface area contributed by atoms with Gasteiger partial charge in [0, 0.05) is 18.8 Å². The Bertz CT molecular complexity index is 751. The minimum atomic E-state index is 0.194. The molecule has 124 valence electrons. The molecule has 0 saturated carbocycles. The fourth-order valence-electron chi connectivity index (χ4n) is 2.50. The molecule has 0 amide bonds. The van der Waals surface area contributed by atoms with Gasteiger partial charge in [0.05, 0.1) is 6.04 Å². The van der Waals surface area contributed by atoms with Crippen molar-refractivity contribution in [3.8, 4) is 0 Å². The average molecular weight is 356 g/mol. The van der Waals surface area contributed by atoms with Gasteiger partial charge in [0.1, 0.15) is 10.1 Å². The highest BCUT2D eigenvalue weighted by Crippen LogP contribution is 2.20. The molecule has 0 saturated heterocycles. The average Bonchev–Trinajstić information content (AvgIpc) is 3.03. The fraction of sp³-hybridized carbons (Fsp3) is 0.158. The van der Waals surface area contributed by atoms with Gasteiger partial charge in [0.15, 0.2) is 0 Å². The molecular formula is C19H21N3S2. The van der Waals surface area contributed by atoms with Gasteiger partial charge in [-0.1, -0.05) is 72.9 Å². The first kappa shape index (κ1) is 18.2. The number of hydrogen-bond acceptors (Lipinski definition) is 2. The maximum absolute atomic E-state index is 4.71. The minimum Gasteiger partial charge on any atom is -0.385 e. The summed E-state index contributed by atoms with van der Waals surface area (Å²) < 4.78 is 2.45. The van der Waals surface area contributed by atoms with Gasteiger partial charge in [0.2, 0.25) is 0 Å². The summed E-state index contributed by atoms with van der Waals surface area (Å²) in [7, 11) is 0. The molecule has 5 heteroatoms. The summed E-state index contributed by atoms with van der Waals surface area (Å²) in [5.41, 5.74) is 7.30. The van der Waals surface area contributed by atoms with Gasteiger partial charge >= 0.3 is 0 Å². The van der Waals surface area contributed by atoms with E-state index in [9.17, 15) is 0 Å². The van der Waals surface area contributed by atoms with Crippen LogP contribution in [0.3, 0.4) is 0 Å². The first-order valence-corrected chi connectivity index (χ1v) is 8.52. The second-order valence-electron chi connectivity index (χ2n) is 5.34. The van der Waals surface area contributed by atoms with Gasteiger partial charge in [-0.15, -0.1) is 12.6 Å². The van der Waals surface area contributed by atoms with Gasteiger partial charge in [-0.05, 0) is 18.1 Å². The molecule has 3 nitrogen and oxygen atoms in total. The highest BCUT2D eigenvalue weighted by Gasteiger charge is 2.11. The zero-order valence-corrected chi connectivity index (χ0v) is 15.3. The number of nitrogens with zero attached hydrogens (tertiary/aromatic N) is 2. The molecule has 3 rings (SSSR count). The topological polar surface area (TPSA) is 43.8 Å². The van der Waals surface area contributed by atoms with Crippen LogP contribution < -0.4 is 5.73 Å². The first-order chi connectivity index (χ1) is 11.6. The number of rotatable bonds is 4. The molecule has 2 aromatic carbocycles. The first-order valence-electron chi connectivity index (χ1n) is 7.67. The number of thiol groups is 1. The van der Waals surface area contributed by atoms with Crippen molar-refractivity contribution >= 4 is 29.2 Å². The summed E-state index contributed by atoms with van der Waals surface area (Å²) in [6.45, 7) is 2.21. The standard InChI is InChI=1S/C18H18N2.CH3NS2/c1-15(17-10-6-3-7-11-17)20-13-12-19-18(20)14-16-8-4-2-5-9-16;2-1(3)4/h2-13,15H,14H2,1H3;(H3,2,3,4). The Morgan fingerprint density at radius 2 is 1.67 bits per heavy atom. The number of aromatic nitrogens is 2. The van der Waals surface area contributed by atoms with E-state index in [4.69, 9.17) is 5.73 Å². The molecule has 0 bridgehead atoms. The number of thiocarbonyl (C=S) groups is 1. The predicted molar refractivity (Wildman–Crippen MR) is 108 cm³/mol. The van der Waals surface area contributed by atoms with Crippen molar-refractivity contribution in [1.82, 2.24) is 9.55 Å². The summed E-state index contributed by atoms with van der Waals surface area (Å²) in [4.78, 5) is 4.52. The van der Waals surface area contributed by atoms with Crippen LogP contribution in [0.2, 0.25) is 0 Å². The smallest absolute Gasteiger partial charge is 0.128 e. The highest BCUT2D eigenvalue weighted by molar-refractivity contribution is 8.10. The molecule has 0 aliphatic carbocycles. The van der Waals surface area contributed by atoms with E-state index in [0.717, 1.165) is 12.2 Å². The minimum absolute atomic E-state index is 0.194. The Kier molecular flexibility index (Phi) is 7.03. The lowest BCUT2D eigenvalue weighted by Gasteiger charge is -2.17. The van der Waals surface area contributed by atoms with E-state index in [1.54, 1.807) is 0 Å². The second-order valence-corrected chi connectivity index (χ2v) is 6.56. The van der Waals surface area contributed by atoms with Crippen LogP contribution >= 0.6 is 24.8 Å². The van der Waals surface area contributed by atoms with Crippen molar-refractivity contribution in [3.63, 3.8) is 0 Å². The van der Waals surface area contributed by atoms with Gasteiger partial charge < -0.3 is 10.3 Å². The quantitative estimate of drug-likeness (QED) is 0.543. The number of imidazole rings is 1. The maximum atomic E-state index is 4.71. The molecule has 0 radical (unpaired) electrons. The molecule has 24 heavy (non-hydrogen) atoms. The zero-order chi connectivity index (χ0) is 17.4. The van der Waals surface area contributed by atoms with Crippen LogP contribution in [0, 0.1) is 0 Å². The lowest BCUT2D eigenvalue weighted by atomic mass is 10.1. The van der Waals surface area contributed by atoms with Crippen LogP contribution in [0.5, 0.6) is 0 Å². The SMILES string of the molecule is CC(c1ccccc1)n1ccnc1Cc1ccccc1.NC(=S)S. The summed E-state index contributed by atoms with van der Waals surface area (Å²) >= 11 is 7.65. The molecule has 0 fully saturated rings. The molecule has 2 N–H and O–H groups in total. The van der Waals surface area contributed by atoms with Crippen LogP contribution in [0.4, 0.5) is 0 Å². The molecule has 1 aromatic heterocycles. The van der Waals surface area contributed by atoms with E-state index in [-0.39, 0.29) is 4.32 Å². The van der Waals surface area contributed by atoms with Crippen molar-refractivity contribution in [1.29, 1.82) is 0 Å². The van der Waals surface area contributed by atoms with Crippen molar-refractivity contribution in [2.24, 2.45) is 5.73 Å².